The molecule has 1 unspecified atom stereocenters. The maximum atomic E-state index is 4.75. The van der Waals surface area contributed by atoms with E-state index in [1.54, 1.807) is 6.20 Å². The molecule has 0 amide bonds. The van der Waals surface area contributed by atoms with Crippen molar-refractivity contribution in [1.29, 1.82) is 0 Å². The quantitative estimate of drug-likeness (QED) is 0.750. The summed E-state index contributed by atoms with van der Waals surface area (Å²) in [5.41, 5.74) is 2.92. The van der Waals surface area contributed by atoms with E-state index in [0.717, 1.165) is 28.2 Å². The lowest BCUT2D eigenvalue weighted by Crippen LogP contribution is -2.45. The maximum Gasteiger partial charge on any atom is 0.157 e. The topological polar surface area (TPSA) is 62.1 Å². The lowest BCUT2D eigenvalue weighted by molar-refractivity contribution is 0.481. The molecule has 118 valence electrons. The normalized spacial score (nSPS) is 17.7. The maximum absolute atomic E-state index is 4.75. The van der Waals surface area contributed by atoms with Gasteiger partial charge in [-0.05, 0) is 39.0 Å². The number of hydrogen-bond acceptors (Lipinski definition) is 4. The van der Waals surface area contributed by atoms with Crippen molar-refractivity contribution >= 4 is 28.8 Å². The van der Waals surface area contributed by atoms with Crippen LogP contribution >= 0.6 is 0 Å². The molecule has 1 aliphatic heterocycles. The van der Waals surface area contributed by atoms with E-state index in [-0.39, 0.29) is 11.6 Å². The Balaban J connectivity index is 1.93. The SMILES string of the molecule is Cn1nc(C2C=Nc3[nH]ccc3N2C(C)(C)C)c2cccnc21. The minimum atomic E-state index is -0.0693. The van der Waals surface area contributed by atoms with E-state index in [0.29, 0.717) is 0 Å². The summed E-state index contributed by atoms with van der Waals surface area (Å²) in [6, 6.07) is 6.09. The largest absolute Gasteiger partial charge is 0.350 e. The minimum Gasteiger partial charge on any atom is -0.350 e. The smallest absolute Gasteiger partial charge is 0.157 e. The molecule has 4 heterocycles. The number of fused-ring (bicyclic) bond motifs is 2. The molecule has 1 aliphatic rings. The van der Waals surface area contributed by atoms with Crippen LogP contribution in [0.1, 0.15) is 32.5 Å². The van der Waals surface area contributed by atoms with Gasteiger partial charge in [-0.25, -0.2) is 9.98 Å². The Hall–Kier alpha value is -2.63. The van der Waals surface area contributed by atoms with Crippen LogP contribution in [0.5, 0.6) is 0 Å². The Morgan fingerprint density at radius 3 is 2.83 bits per heavy atom. The molecular formula is C17H20N6. The van der Waals surface area contributed by atoms with E-state index in [4.69, 9.17) is 5.10 Å². The number of aromatic amines is 1. The first-order chi connectivity index (χ1) is 11.0. The highest BCUT2D eigenvalue weighted by atomic mass is 15.3. The van der Waals surface area contributed by atoms with Crippen molar-refractivity contribution < 1.29 is 0 Å². The second kappa shape index (κ2) is 4.68. The Kier molecular flexibility index (Phi) is 2.85. The van der Waals surface area contributed by atoms with Crippen LogP contribution in [0.25, 0.3) is 11.0 Å². The molecule has 6 heteroatoms. The van der Waals surface area contributed by atoms with Gasteiger partial charge >= 0.3 is 0 Å². The number of aryl methyl sites for hydroxylation is 1. The number of nitrogens with zero attached hydrogens (tertiary/aromatic N) is 5. The Labute approximate surface area is 134 Å². The fourth-order valence-corrected chi connectivity index (χ4v) is 3.32. The van der Waals surface area contributed by atoms with Crippen molar-refractivity contribution in [3.8, 4) is 0 Å². The van der Waals surface area contributed by atoms with Crippen molar-refractivity contribution in [2.75, 3.05) is 4.90 Å². The molecule has 6 nitrogen and oxygen atoms in total. The van der Waals surface area contributed by atoms with Crippen LogP contribution in [0.4, 0.5) is 11.5 Å². The molecule has 3 aromatic heterocycles. The van der Waals surface area contributed by atoms with E-state index >= 15 is 0 Å². The second-order valence-corrected chi connectivity index (χ2v) is 6.86. The summed E-state index contributed by atoms with van der Waals surface area (Å²) in [7, 11) is 1.93. The number of rotatable bonds is 1. The molecule has 3 aromatic rings. The van der Waals surface area contributed by atoms with Gasteiger partial charge in [0.05, 0.1) is 11.4 Å². The monoisotopic (exact) mass is 308 g/mol. The number of H-pyrrole nitrogens is 1. The molecule has 1 atom stereocenters. The van der Waals surface area contributed by atoms with Crippen LogP contribution in [0, 0.1) is 0 Å². The fourth-order valence-electron chi connectivity index (χ4n) is 3.32. The summed E-state index contributed by atoms with van der Waals surface area (Å²) in [6.45, 7) is 6.62. The van der Waals surface area contributed by atoms with E-state index < -0.39 is 0 Å². The third-order valence-corrected chi connectivity index (χ3v) is 4.22. The summed E-state index contributed by atoms with van der Waals surface area (Å²) in [6.07, 6.45) is 5.70. The average Bonchev–Trinajstić information content (AvgIpc) is 3.10. The van der Waals surface area contributed by atoms with Crippen LogP contribution in [-0.2, 0) is 7.05 Å². The first-order valence-corrected chi connectivity index (χ1v) is 7.75. The van der Waals surface area contributed by atoms with Gasteiger partial charge < -0.3 is 9.88 Å². The predicted molar refractivity (Wildman–Crippen MR) is 92.4 cm³/mol. The molecule has 0 spiro atoms. The zero-order valence-electron chi connectivity index (χ0n) is 13.8. The van der Waals surface area contributed by atoms with Crippen LogP contribution in [0.3, 0.4) is 0 Å². The number of aliphatic imine (C=N–C) groups is 1. The van der Waals surface area contributed by atoms with Gasteiger partial charge in [-0.1, -0.05) is 0 Å². The predicted octanol–water partition coefficient (Wildman–Crippen LogP) is 3.36. The van der Waals surface area contributed by atoms with Gasteiger partial charge in [0.1, 0.15) is 6.04 Å². The van der Waals surface area contributed by atoms with Crippen LogP contribution in [0.2, 0.25) is 0 Å². The zero-order chi connectivity index (χ0) is 16.2. The number of nitrogens with one attached hydrogen (secondary N) is 1. The standard InChI is InChI=1S/C17H20N6/c1-17(2,3)23-12-7-9-18-15(12)20-10-13(23)14-11-6-5-8-19-16(11)22(4)21-14/h5-10,13,18H,1-4H3. The molecule has 0 saturated carbocycles. The molecule has 0 saturated heterocycles. The van der Waals surface area contributed by atoms with Crippen LogP contribution < -0.4 is 4.90 Å². The number of pyridine rings is 1. The molecule has 0 bridgehead atoms. The van der Waals surface area contributed by atoms with Crippen molar-refractivity contribution in [1.82, 2.24) is 19.7 Å². The molecule has 4 rings (SSSR count). The molecule has 0 aliphatic carbocycles. The van der Waals surface area contributed by atoms with E-state index in [2.05, 4.69) is 52.8 Å². The average molecular weight is 308 g/mol. The number of aromatic nitrogens is 4. The highest BCUT2D eigenvalue weighted by Crippen LogP contribution is 2.42. The summed E-state index contributed by atoms with van der Waals surface area (Å²) in [5, 5.41) is 5.81. The highest BCUT2D eigenvalue weighted by molar-refractivity contribution is 5.89. The summed E-state index contributed by atoms with van der Waals surface area (Å²) in [5.74, 6) is 0.898. The van der Waals surface area contributed by atoms with Gasteiger partial charge in [0.15, 0.2) is 11.5 Å². The minimum absolute atomic E-state index is 0.0220. The Bertz CT molecular complexity index is 895. The van der Waals surface area contributed by atoms with Crippen molar-refractivity contribution in [2.24, 2.45) is 12.0 Å². The Morgan fingerprint density at radius 1 is 1.22 bits per heavy atom. The van der Waals surface area contributed by atoms with Gasteiger partial charge in [-0.15, -0.1) is 0 Å². The van der Waals surface area contributed by atoms with Crippen molar-refractivity contribution in [3.05, 3.63) is 36.3 Å². The van der Waals surface area contributed by atoms with Crippen molar-refractivity contribution in [2.45, 2.75) is 32.4 Å². The lowest BCUT2D eigenvalue weighted by atomic mass is 9.98. The molecule has 0 fully saturated rings. The van der Waals surface area contributed by atoms with E-state index in [1.807, 2.05) is 30.2 Å². The first kappa shape index (κ1) is 14.0. The number of hydrogen-bond donors (Lipinski definition) is 1. The second-order valence-electron chi connectivity index (χ2n) is 6.86. The van der Waals surface area contributed by atoms with Gasteiger partial charge in [0.25, 0.3) is 0 Å². The van der Waals surface area contributed by atoms with Crippen molar-refractivity contribution in [3.63, 3.8) is 0 Å². The fraction of sp³-hybridized carbons (Fsp3) is 0.353. The third-order valence-electron chi connectivity index (χ3n) is 4.22. The first-order valence-electron chi connectivity index (χ1n) is 7.75. The highest BCUT2D eigenvalue weighted by Gasteiger charge is 2.36. The van der Waals surface area contributed by atoms with Crippen LogP contribution in [-0.4, -0.2) is 31.5 Å². The molecule has 0 radical (unpaired) electrons. The van der Waals surface area contributed by atoms with Gasteiger partial charge in [0, 0.05) is 36.6 Å². The van der Waals surface area contributed by atoms with Gasteiger partial charge in [-0.2, -0.15) is 5.10 Å². The molecule has 0 aromatic carbocycles. The van der Waals surface area contributed by atoms with Crippen LogP contribution in [0.15, 0.2) is 35.6 Å². The Morgan fingerprint density at radius 2 is 2.04 bits per heavy atom. The van der Waals surface area contributed by atoms with Gasteiger partial charge in [0.2, 0.25) is 0 Å². The molecule has 23 heavy (non-hydrogen) atoms. The number of anilines is 1. The lowest BCUT2D eigenvalue weighted by Gasteiger charge is -2.42. The summed E-state index contributed by atoms with van der Waals surface area (Å²) in [4.78, 5) is 14.6. The van der Waals surface area contributed by atoms with E-state index in [9.17, 15) is 0 Å². The zero-order valence-corrected chi connectivity index (χ0v) is 13.8. The third kappa shape index (κ3) is 2.05. The van der Waals surface area contributed by atoms with E-state index in [1.165, 1.54) is 0 Å². The molecular weight excluding hydrogens is 288 g/mol. The van der Waals surface area contributed by atoms with Gasteiger partial charge in [-0.3, -0.25) is 4.68 Å². The summed E-state index contributed by atoms with van der Waals surface area (Å²) >= 11 is 0. The molecule has 1 N–H and O–H groups in total. The summed E-state index contributed by atoms with van der Waals surface area (Å²) < 4.78 is 1.84.